The Morgan fingerprint density at radius 3 is 2.90 bits per heavy atom. The lowest BCUT2D eigenvalue weighted by atomic mass is 9.94. The first kappa shape index (κ1) is 15.9. The van der Waals surface area contributed by atoms with Gasteiger partial charge in [0.2, 0.25) is 5.95 Å². The van der Waals surface area contributed by atoms with Gasteiger partial charge in [-0.2, -0.15) is 4.39 Å². The summed E-state index contributed by atoms with van der Waals surface area (Å²) in [4.78, 5) is 17.7. The zero-order chi connectivity index (χ0) is 15.1. The molecule has 2 rings (SSSR count). The Labute approximate surface area is 125 Å². The molecule has 21 heavy (non-hydrogen) atoms. The third-order valence-electron chi connectivity index (χ3n) is 4.16. The zero-order valence-corrected chi connectivity index (χ0v) is 12.6. The van der Waals surface area contributed by atoms with Crippen molar-refractivity contribution in [2.24, 2.45) is 0 Å². The largest absolute Gasteiger partial charge is 0.352 e. The van der Waals surface area contributed by atoms with Gasteiger partial charge in [0.1, 0.15) is 0 Å². The summed E-state index contributed by atoms with van der Waals surface area (Å²) in [6.45, 7) is 1.59. The van der Waals surface area contributed by atoms with E-state index >= 15 is 0 Å². The molecule has 4 nitrogen and oxygen atoms in total. The Hall–Kier alpha value is -1.49. The van der Waals surface area contributed by atoms with Gasteiger partial charge in [-0.05, 0) is 38.9 Å². The van der Waals surface area contributed by atoms with Crippen molar-refractivity contribution in [3.05, 3.63) is 29.8 Å². The van der Waals surface area contributed by atoms with Crippen molar-refractivity contribution in [2.45, 2.75) is 44.6 Å². The Morgan fingerprint density at radius 1 is 1.43 bits per heavy atom. The maximum atomic E-state index is 12.9. The summed E-state index contributed by atoms with van der Waals surface area (Å²) >= 11 is 0. The monoisotopic (exact) mass is 293 g/mol. The molecule has 1 aliphatic rings. The molecular formula is C16H24FN3O. The molecule has 0 unspecified atom stereocenters. The highest BCUT2D eigenvalue weighted by Crippen LogP contribution is 2.21. The highest BCUT2D eigenvalue weighted by molar-refractivity contribution is 5.93. The average molecular weight is 293 g/mol. The van der Waals surface area contributed by atoms with Gasteiger partial charge in [-0.1, -0.05) is 19.3 Å². The second-order valence-electron chi connectivity index (χ2n) is 5.75. The first-order valence-electron chi connectivity index (χ1n) is 7.77. The van der Waals surface area contributed by atoms with E-state index in [-0.39, 0.29) is 5.91 Å². The van der Waals surface area contributed by atoms with Crippen molar-refractivity contribution in [1.82, 2.24) is 15.2 Å². The molecule has 1 saturated carbocycles. The summed E-state index contributed by atoms with van der Waals surface area (Å²) in [7, 11) is 2.16. The number of hydrogen-bond donors (Lipinski definition) is 1. The maximum Gasteiger partial charge on any atom is 0.251 e. The molecule has 0 saturated heterocycles. The van der Waals surface area contributed by atoms with E-state index in [0.717, 1.165) is 19.0 Å². The number of pyridine rings is 1. The third kappa shape index (κ3) is 5.08. The first-order valence-corrected chi connectivity index (χ1v) is 7.77. The van der Waals surface area contributed by atoms with E-state index in [1.807, 2.05) is 0 Å². The number of amides is 1. The molecule has 1 heterocycles. The van der Waals surface area contributed by atoms with Crippen molar-refractivity contribution in [3.63, 3.8) is 0 Å². The van der Waals surface area contributed by atoms with Crippen LogP contribution in [0, 0.1) is 5.95 Å². The number of nitrogens with one attached hydrogen (secondary N) is 1. The molecule has 0 aliphatic heterocycles. The highest BCUT2D eigenvalue weighted by Gasteiger charge is 2.17. The highest BCUT2D eigenvalue weighted by atomic mass is 19.1. The minimum Gasteiger partial charge on any atom is -0.352 e. The van der Waals surface area contributed by atoms with Gasteiger partial charge in [-0.25, -0.2) is 4.98 Å². The number of hydrogen-bond acceptors (Lipinski definition) is 3. The van der Waals surface area contributed by atoms with E-state index < -0.39 is 5.95 Å². The molecule has 1 aliphatic carbocycles. The lowest BCUT2D eigenvalue weighted by Crippen LogP contribution is -2.35. The quantitative estimate of drug-likeness (QED) is 0.648. The summed E-state index contributed by atoms with van der Waals surface area (Å²) in [5, 5.41) is 2.82. The van der Waals surface area contributed by atoms with E-state index in [0.29, 0.717) is 18.2 Å². The Balaban J connectivity index is 1.66. The molecule has 1 N–H and O–H groups in total. The summed E-state index contributed by atoms with van der Waals surface area (Å²) < 4.78 is 12.9. The summed E-state index contributed by atoms with van der Waals surface area (Å²) in [5.74, 6) is -0.865. The summed E-state index contributed by atoms with van der Waals surface area (Å²) in [6.07, 6.45) is 8.83. The fourth-order valence-corrected chi connectivity index (χ4v) is 2.88. The van der Waals surface area contributed by atoms with Crippen molar-refractivity contribution in [3.8, 4) is 0 Å². The molecule has 1 fully saturated rings. The van der Waals surface area contributed by atoms with Crippen LogP contribution in [0.3, 0.4) is 0 Å². The molecule has 0 bridgehead atoms. The SMILES string of the molecule is CN(CCCNC(=O)c1ccnc(F)c1)C1CCCCC1. The van der Waals surface area contributed by atoms with Crippen LogP contribution in [0.2, 0.25) is 0 Å². The van der Waals surface area contributed by atoms with E-state index in [1.54, 1.807) is 0 Å². The van der Waals surface area contributed by atoms with Crippen LogP contribution in [-0.4, -0.2) is 42.0 Å². The minimum absolute atomic E-state index is 0.239. The minimum atomic E-state index is -0.625. The zero-order valence-electron chi connectivity index (χ0n) is 12.6. The standard InChI is InChI=1S/C16H24FN3O/c1-20(14-6-3-2-4-7-14)11-5-9-19-16(21)13-8-10-18-15(17)12-13/h8,10,12,14H,2-7,9,11H2,1H3,(H,19,21). The molecule has 5 heteroatoms. The Bertz CT molecular complexity index is 461. The van der Waals surface area contributed by atoms with Crippen LogP contribution < -0.4 is 5.32 Å². The van der Waals surface area contributed by atoms with Crippen molar-refractivity contribution in [1.29, 1.82) is 0 Å². The number of carbonyl (C=O) groups is 1. The fourth-order valence-electron chi connectivity index (χ4n) is 2.88. The van der Waals surface area contributed by atoms with Gasteiger partial charge in [-0.3, -0.25) is 4.79 Å². The van der Waals surface area contributed by atoms with Crippen LogP contribution in [0.15, 0.2) is 18.3 Å². The number of nitrogens with zero attached hydrogens (tertiary/aromatic N) is 2. The first-order chi connectivity index (χ1) is 10.2. The molecule has 0 radical (unpaired) electrons. The predicted molar refractivity (Wildman–Crippen MR) is 80.6 cm³/mol. The van der Waals surface area contributed by atoms with Crippen molar-refractivity contribution in [2.75, 3.05) is 20.1 Å². The van der Waals surface area contributed by atoms with Crippen LogP contribution in [0.1, 0.15) is 48.9 Å². The van der Waals surface area contributed by atoms with Gasteiger partial charge in [0, 0.05) is 30.4 Å². The van der Waals surface area contributed by atoms with Gasteiger partial charge in [0.25, 0.3) is 5.91 Å². The molecule has 1 aromatic heterocycles. The predicted octanol–water partition coefficient (Wildman–Crippen LogP) is 2.61. The number of halogens is 1. The molecular weight excluding hydrogens is 269 g/mol. The fraction of sp³-hybridized carbons (Fsp3) is 0.625. The normalized spacial score (nSPS) is 16.1. The van der Waals surface area contributed by atoms with Crippen LogP contribution in [0.25, 0.3) is 0 Å². The molecule has 0 aromatic carbocycles. The topological polar surface area (TPSA) is 45.2 Å². The number of aromatic nitrogens is 1. The second kappa shape index (κ2) is 8.08. The van der Waals surface area contributed by atoms with Crippen LogP contribution >= 0.6 is 0 Å². The van der Waals surface area contributed by atoms with E-state index in [9.17, 15) is 9.18 Å². The van der Waals surface area contributed by atoms with Crippen molar-refractivity contribution >= 4 is 5.91 Å². The molecule has 1 aromatic rings. The molecule has 0 spiro atoms. The Kier molecular flexibility index (Phi) is 6.11. The lowest BCUT2D eigenvalue weighted by molar-refractivity contribution is 0.0950. The van der Waals surface area contributed by atoms with Crippen molar-refractivity contribution < 1.29 is 9.18 Å². The van der Waals surface area contributed by atoms with E-state index in [4.69, 9.17) is 0 Å². The van der Waals surface area contributed by atoms with Crippen LogP contribution in [0.5, 0.6) is 0 Å². The Morgan fingerprint density at radius 2 is 2.19 bits per heavy atom. The van der Waals surface area contributed by atoms with Crippen LogP contribution in [-0.2, 0) is 0 Å². The third-order valence-corrected chi connectivity index (χ3v) is 4.16. The van der Waals surface area contributed by atoms with Gasteiger partial charge in [-0.15, -0.1) is 0 Å². The smallest absolute Gasteiger partial charge is 0.251 e. The van der Waals surface area contributed by atoms with Gasteiger partial charge in [0.15, 0.2) is 0 Å². The lowest BCUT2D eigenvalue weighted by Gasteiger charge is -2.31. The number of rotatable bonds is 6. The number of carbonyl (C=O) groups excluding carboxylic acids is 1. The summed E-state index contributed by atoms with van der Waals surface area (Å²) in [5.41, 5.74) is 0.322. The van der Waals surface area contributed by atoms with E-state index in [1.165, 1.54) is 44.4 Å². The molecule has 1 amide bonds. The summed E-state index contributed by atoms with van der Waals surface area (Å²) in [6, 6.07) is 3.37. The molecule has 0 atom stereocenters. The van der Waals surface area contributed by atoms with Gasteiger partial charge in [0.05, 0.1) is 0 Å². The average Bonchev–Trinajstić information content (AvgIpc) is 2.52. The van der Waals surface area contributed by atoms with E-state index in [2.05, 4.69) is 22.2 Å². The maximum absolute atomic E-state index is 12.9. The van der Waals surface area contributed by atoms with Gasteiger partial charge < -0.3 is 10.2 Å². The second-order valence-corrected chi connectivity index (χ2v) is 5.75. The van der Waals surface area contributed by atoms with Crippen LogP contribution in [0.4, 0.5) is 4.39 Å². The van der Waals surface area contributed by atoms with Gasteiger partial charge >= 0.3 is 0 Å². The molecule has 116 valence electrons.